The van der Waals surface area contributed by atoms with Gasteiger partial charge in [-0.25, -0.2) is 0 Å². The van der Waals surface area contributed by atoms with E-state index in [2.05, 4.69) is 212 Å². The minimum absolute atomic E-state index is 0.112. The molecule has 0 amide bonds. The summed E-state index contributed by atoms with van der Waals surface area (Å²) in [6, 6.07) is 71.6. The maximum atomic E-state index is 4.59. The second-order valence-corrected chi connectivity index (χ2v) is 16.7. The van der Waals surface area contributed by atoms with E-state index in [1.165, 1.54) is 99.4 Å². The van der Waals surface area contributed by atoms with Crippen molar-refractivity contribution in [2.45, 2.75) is 19.3 Å². The first-order valence-electron chi connectivity index (χ1n) is 20.9. The Balaban J connectivity index is 1.06. The summed E-state index contributed by atoms with van der Waals surface area (Å²) in [6.45, 7) is 4.69. The van der Waals surface area contributed by atoms with Crippen LogP contribution in [-0.4, -0.2) is 4.98 Å². The third-order valence-corrected chi connectivity index (χ3v) is 13.1. The van der Waals surface area contributed by atoms with Crippen LogP contribution >= 0.6 is 0 Å². The van der Waals surface area contributed by atoms with E-state index in [4.69, 9.17) is 0 Å². The second kappa shape index (κ2) is 13.2. The zero-order chi connectivity index (χ0) is 40.0. The molecule has 10 aromatic rings. The minimum atomic E-state index is -0.112. The fraction of sp³-hybridized carbons (Fsp3) is 0.0517. The van der Waals surface area contributed by atoms with E-state index in [-0.39, 0.29) is 5.41 Å². The molecule has 2 heteroatoms. The van der Waals surface area contributed by atoms with E-state index in [0.29, 0.717) is 0 Å². The van der Waals surface area contributed by atoms with Gasteiger partial charge in [0.2, 0.25) is 0 Å². The third-order valence-electron chi connectivity index (χ3n) is 13.1. The van der Waals surface area contributed by atoms with Gasteiger partial charge in [-0.05, 0) is 136 Å². The summed E-state index contributed by atoms with van der Waals surface area (Å²) in [6.07, 6.45) is 3.81. The quantitative estimate of drug-likeness (QED) is 0.168. The zero-order valence-corrected chi connectivity index (χ0v) is 33.5. The van der Waals surface area contributed by atoms with Gasteiger partial charge in [-0.3, -0.25) is 4.98 Å². The zero-order valence-electron chi connectivity index (χ0n) is 33.5. The molecule has 0 atom stereocenters. The lowest BCUT2D eigenvalue weighted by Crippen LogP contribution is -2.16. The first-order valence-corrected chi connectivity index (χ1v) is 20.9. The van der Waals surface area contributed by atoms with Crippen LogP contribution in [0, 0.1) is 0 Å². The van der Waals surface area contributed by atoms with E-state index in [1.54, 1.807) is 0 Å². The van der Waals surface area contributed by atoms with Crippen LogP contribution in [0.25, 0.3) is 88.3 Å². The van der Waals surface area contributed by atoms with Crippen molar-refractivity contribution in [1.29, 1.82) is 0 Å². The highest BCUT2D eigenvalue weighted by Gasteiger charge is 2.36. The topological polar surface area (TPSA) is 16.1 Å². The van der Waals surface area contributed by atoms with E-state index < -0.39 is 0 Å². The largest absolute Gasteiger partial charge is 0.309 e. The summed E-state index contributed by atoms with van der Waals surface area (Å²) >= 11 is 0. The van der Waals surface area contributed by atoms with Gasteiger partial charge < -0.3 is 4.90 Å². The lowest BCUT2D eigenvalue weighted by Gasteiger charge is -2.28. The predicted octanol–water partition coefficient (Wildman–Crippen LogP) is 15.8. The monoisotopic (exact) mass is 764 g/mol. The predicted molar refractivity (Wildman–Crippen MR) is 252 cm³/mol. The highest BCUT2D eigenvalue weighted by molar-refractivity contribution is 6.28. The van der Waals surface area contributed by atoms with Crippen LogP contribution in [0.4, 0.5) is 17.1 Å². The number of anilines is 3. The Kier molecular flexibility index (Phi) is 7.61. The Bertz CT molecular complexity index is 3240. The van der Waals surface area contributed by atoms with Crippen LogP contribution < -0.4 is 4.90 Å². The van der Waals surface area contributed by atoms with E-state index in [1.807, 2.05) is 18.5 Å². The fourth-order valence-corrected chi connectivity index (χ4v) is 10.4. The van der Waals surface area contributed by atoms with Gasteiger partial charge in [0.1, 0.15) is 0 Å². The first-order chi connectivity index (χ1) is 29.6. The van der Waals surface area contributed by atoms with E-state index >= 15 is 0 Å². The van der Waals surface area contributed by atoms with Crippen molar-refractivity contribution < 1.29 is 0 Å². The van der Waals surface area contributed by atoms with Gasteiger partial charge in [0.25, 0.3) is 0 Å². The summed E-state index contributed by atoms with van der Waals surface area (Å²) < 4.78 is 0. The van der Waals surface area contributed by atoms with E-state index in [0.717, 1.165) is 17.1 Å². The number of benzene rings is 9. The number of hydrogen-bond donors (Lipinski definition) is 0. The van der Waals surface area contributed by atoms with Gasteiger partial charge in [-0.2, -0.15) is 0 Å². The average molecular weight is 765 g/mol. The molecule has 0 fully saturated rings. The summed E-state index contributed by atoms with van der Waals surface area (Å²) in [5.74, 6) is 0. The average Bonchev–Trinajstić information content (AvgIpc) is 3.75. The lowest BCUT2D eigenvalue weighted by molar-refractivity contribution is 0.660. The molecule has 12 rings (SSSR count). The molecule has 1 heterocycles. The number of pyridine rings is 1. The SMILES string of the molecule is CC1(C)c2ccccc2-c2ccc(N(c3cccnc3)c3cccc(-c4ccc5c6c(cccc46)-c4c-5c(-c5ccccc5)c5ccccc5c4-c4ccccc4)c3)cc21. The van der Waals surface area contributed by atoms with Crippen molar-refractivity contribution in [3.05, 3.63) is 218 Å². The van der Waals surface area contributed by atoms with Crippen molar-refractivity contribution >= 4 is 38.6 Å². The van der Waals surface area contributed by atoms with Crippen molar-refractivity contribution in [3.63, 3.8) is 0 Å². The van der Waals surface area contributed by atoms with Crippen molar-refractivity contribution in [3.8, 4) is 66.8 Å². The molecule has 0 N–H and O–H groups in total. The van der Waals surface area contributed by atoms with Gasteiger partial charge in [-0.1, -0.05) is 172 Å². The molecule has 0 saturated carbocycles. The molecule has 0 radical (unpaired) electrons. The molecular weight excluding hydrogens is 725 g/mol. The third kappa shape index (κ3) is 5.04. The summed E-state index contributed by atoms with van der Waals surface area (Å²) in [7, 11) is 0. The number of fused-ring (bicyclic) bond motifs is 7. The normalized spacial score (nSPS) is 13.0. The standard InChI is InChI=1S/C58H40N2/c1-58(2)51-28-12-11-23-44(51)45-30-29-41(35-52(45)58)60(42-22-15-33-59-36-42)40-21-13-20-39(34-40)43-31-32-50-55-46(43)26-14-27-49(55)56-53(37-16-5-3-6-17-37)47-24-9-10-25-48(47)54(57(50)56)38-18-7-4-8-19-38/h3-36H,1-2H3. The van der Waals surface area contributed by atoms with Gasteiger partial charge in [0.05, 0.1) is 11.9 Å². The highest BCUT2D eigenvalue weighted by atomic mass is 15.1. The Hall–Kier alpha value is -7.55. The Morgan fingerprint density at radius 3 is 1.62 bits per heavy atom. The van der Waals surface area contributed by atoms with Gasteiger partial charge in [0.15, 0.2) is 0 Å². The van der Waals surface area contributed by atoms with Crippen molar-refractivity contribution in [1.82, 2.24) is 4.98 Å². The molecule has 282 valence electrons. The molecule has 2 nitrogen and oxygen atoms in total. The van der Waals surface area contributed by atoms with Crippen LogP contribution in [0.2, 0.25) is 0 Å². The molecule has 0 unspecified atom stereocenters. The molecule has 60 heavy (non-hydrogen) atoms. The number of hydrogen-bond acceptors (Lipinski definition) is 2. The van der Waals surface area contributed by atoms with Crippen LogP contribution in [0.1, 0.15) is 25.0 Å². The van der Waals surface area contributed by atoms with Gasteiger partial charge in [0, 0.05) is 23.0 Å². The molecule has 0 bridgehead atoms. The molecule has 9 aromatic carbocycles. The maximum absolute atomic E-state index is 4.59. The Morgan fingerprint density at radius 1 is 0.367 bits per heavy atom. The lowest BCUT2D eigenvalue weighted by atomic mass is 9.82. The highest BCUT2D eigenvalue weighted by Crippen LogP contribution is 2.59. The first kappa shape index (κ1) is 34.5. The van der Waals surface area contributed by atoms with Gasteiger partial charge >= 0.3 is 0 Å². The second-order valence-electron chi connectivity index (χ2n) is 16.7. The molecule has 2 aliphatic rings. The van der Waals surface area contributed by atoms with Crippen LogP contribution in [-0.2, 0) is 5.41 Å². The summed E-state index contributed by atoms with van der Waals surface area (Å²) in [4.78, 5) is 6.95. The van der Waals surface area contributed by atoms with Gasteiger partial charge in [-0.15, -0.1) is 0 Å². The Labute approximate surface area is 350 Å². The molecular formula is C58H40N2. The molecule has 0 spiro atoms. The van der Waals surface area contributed by atoms with Crippen LogP contribution in [0.3, 0.4) is 0 Å². The van der Waals surface area contributed by atoms with E-state index in [9.17, 15) is 0 Å². The number of aromatic nitrogens is 1. The molecule has 0 saturated heterocycles. The molecule has 1 aromatic heterocycles. The van der Waals surface area contributed by atoms with Crippen LogP contribution in [0.15, 0.2) is 207 Å². The molecule has 0 aliphatic heterocycles. The summed E-state index contributed by atoms with van der Waals surface area (Å²) in [5, 5.41) is 5.11. The maximum Gasteiger partial charge on any atom is 0.0644 e. The van der Waals surface area contributed by atoms with Crippen LogP contribution in [0.5, 0.6) is 0 Å². The Morgan fingerprint density at radius 2 is 0.900 bits per heavy atom. The fourth-order valence-electron chi connectivity index (χ4n) is 10.4. The summed E-state index contributed by atoms with van der Waals surface area (Å²) in [5.41, 5.74) is 21.1. The van der Waals surface area contributed by atoms with Crippen molar-refractivity contribution in [2.75, 3.05) is 4.90 Å². The molecule has 2 aliphatic carbocycles. The number of nitrogens with zero attached hydrogens (tertiary/aromatic N) is 2. The smallest absolute Gasteiger partial charge is 0.0644 e. The number of rotatable bonds is 6. The van der Waals surface area contributed by atoms with Crippen molar-refractivity contribution in [2.24, 2.45) is 0 Å². The minimum Gasteiger partial charge on any atom is -0.309 e.